The first-order valence-corrected chi connectivity index (χ1v) is 13.1. The lowest BCUT2D eigenvalue weighted by Gasteiger charge is -2.32. The third kappa shape index (κ3) is 4.44. The van der Waals surface area contributed by atoms with Gasteiger partial charge in [-0.05, 0) is 69.4 Å². The monoisotopic (exact) mass is 524 g/mol. The standard InChI is InChI=1S/C30H29BN2O6/c1-29(2)30(3,4)39-31(38-29)20-9-8-19-16-33(28(36)22(19)15-20)13-5-6-18-7-11-25-23(14-18)24(17-37-25)21-10-12-26(34)32-27(21)35/h7-9,11,14-15,17,21H,10,12-13,16H2,1-4H3,(H,32,34,35). The Morgan fingerprint density at radius 2 is 1.82 bits per heavy atom. The highest BCUT2D eigenvalue weighted by molar-refractivity contribution is 6.62. The molecule has 39 heavy (non-hydrogen) atoms. The van der Waals surface area contributed by atoms with E-state index in [-0.39, 0.29) is 24.3 Å². The molecule has 2 saturated heterocycles. The molecule has 0 radical (unpaired) electrons. The van der Waals surface area contributed by atoms with E-state index in [9.17, 15) is 14.4 Å². The first-order valence-electron chi connectivity index (χ1n) is 13.1. The van der Waals surface area contributed by atoms with Crippen LogP contribution >= 0.6 is 0 Å². The van der Waals surface area contributed by atoms with E-state index in [0.717, 1.165) is 27.5 Å². The fourth-order valence-electron chi connectivity index (χ4n) is 5.26. The third-order valence-electron chi connectivity index (χ3n) is 8.26. The van der Waals surface area contributed by atoms with Gasteiger partial charge in [0.15, 0.2) is 0 Å². The first-order chi connectivity index (χ1) is 18.5. The van der Waals surface area contributed by atoms with Crippen LogP contribution in [-0.4, -0.2) is 47.5 Å². The van der Waals surface area contributed by atoms with Crippen molar-refractivity contribution in [2.75, 3.05) is 6.54 Å². The number of piperidine rings is 1. The van der Waals surface area contributed by atoms with Crippen molar-refractivity contribution in [2.45, 2.75) is 64.2 Å². The molecule has 3 aliphatic rings. The van der Waals surface area contributed by atoms with Gasteiger partial charge in [0.05, 0.1) is 29.9 Å². The second kappa shape index (κ2) is 9.11. The van der Waals surface area contributed by atoms with E-state index in [4.69, 9.17) is 13.7 Å². The average Bonchev–Trinajstić information content (AvgIpc) is 3.50. The van der Waals surface area contributed by atoms with Gasteiger partial charge in [-0.15, -0.1) is 0 Å². The smallest absolute Gasteiger partial charge is 0.464 e. The Balaban J connectivity index is 1.16. The van der Waals surface area contributed by atoms with Gasteiger partial charge in [0, 0.05) is 35.0 Å². The number of carbonyl (C=O) groups is 3. The van der Waals surface area contributed by atoms with Gasteiger partial charge >= 0.3 is 7.12 Å². The second-order valence-corrected chi connectivity index (χ2v) is 11.4. The topological polar surface area (TPSA) is 98.1 Å². The molecule has 2 fully saturated rings. The molecule has 198 valence electrons. The summed E-state index contributed by atoms with van der Waals surface area (Å²) in [7, 11) is -0.523. The minimum atomic E-state index is -0.523. The molecule has 3 aromatic rings. The van der Waals surface area contributed by atoms with E-state index in [2.05, 4.69) is 17.2 Å². The second-order valence-electron chi connectivity index (χ2n) is 11.4. The average molecular weight is 524 g/mol. The van der Waals surface area contributed by atoms with Crippen LogP contribution in [0.4, 0.5) is 0 Å². The van der Waals surface area contributed by atoms with E-state index in [1.54, 1.807) is 11.2 Å². The molecule has 3 amide bonds. The Hall–Kier alpha value is -3.87. The van der Waals surface area contributed by atoms with Crippen LogP contribution in [0.2, 0.25) is 0 Å². The van der Waals surface area contributed by atoms with Gasteiger partial charge in [0.25, 0.3) is 5.91 Å². The Morgan fingerprint density at radius 1 is 1.05 bits per heavy atom. The Kier molecular flexibility index (Phi) is 5.94. The van der Waals surface area contributed by atoms with E-state index in [1.165, 1.54) is 0 Å². The number of benzene rings is 2. The quantitative estimate of drug-likeness (QED) is 0.321. The summed E-state index contributed by atoms with van der Waals surface area (Å²) >= 11 is 0. The number of amides is 3. The van der Waals surface area contributed by atoms with Crippen LogP contribution in [0.3, 0.4) is 0 Å². The van der Waals surface area contributed by atoms with Crippen LogP contribution < -0.4 is 10.8 Å². The molecular weight excluding hydrogens is 495 g/mol. The van der Waals surface area contributed by atoms with Crippen molar-refractivity contribution in [3.63, 3.8) is 0 Å². The largest absolute Gasteiger partial charge is 0.494 e. The summed E-state index contributed by atoms with van der Waals surface area (Å²) in [6.07, 6.45) is 2.33. The molecular formula is C30H29BN2O6. The lowest BCUT2D eigenvalue weighted by Crippen LogP contribution is -2.41. The summed E-state index contributed by atoms with van der Waals surface area (Å²) in [6, 6.07) is 11.4. The molecule has 9 heteroatoms. The van der Waals surface area contributed by atoms with Crippen LogP contribution in [-0.2, 0) is 25.4 Å². The summed E-state index contributed by atoms with van der Waals surface area (Å²) in [4.78, 5) is 38.8. The lowest BCUT2D eigenvalue weighted by atomic mass is 9.78. The minimum Gasteiger partial charge on any atom is -0.464 e. The number of hydrogen-bond donors (Lipinski definition) is 1. The van der Waals surface area contributed by atoms with Crippen molar-refractivity contribution in [3.8, 4) is 11.8 Å². The van der Waals surface area contributed by atoms with Crippen LogP contribution in [0.25, 0.3) is 11.0 Å². The highest BCUT2D eigenvalue weighted by Crippen LogP contribution is 2.37. The number of imide groups is 1. The van der Waals surface area contributed by atoms with Crippen molar-refractivity contribution >= 4 is 41.3 Å². The maximum absolute atomic E-state index is 13.2. The zero-order valence-corrected chi connectivity index (χ0v) is 22.4. The minimum absolute atomic E-state index is 0.0666. The fraction of sp³-hybridized carbons (Fsp3) is 0.367. The summed E-state index contributed by atoms with van der Waals surface area (Å²) in [5.74, 6) is 5.21. The summed E-state index contributed by atoms with van der Waals surface area (Å²) < 4.78 is 18.0. The molecule has 8 nitrogen and oxygen atoms in total. The molecule has 2 aromatic carbocycles. The molecule has 4 heterocycles. The number of carbonyl (C=O) groups excluding carboxylic acids is 3. The Bertz CT molecular complexity index is 1580. The number of hydrogen-bond acceptors (Lipinski definition) is 6. The Labute approximate surface area is 227 Å². The third-order valence-corrected chi connectivity index (χ3v) is 8.26. The predicted molar refractivity (Wildman–Crippen MR) is 145 cm³/mol. The van der Waals surface area contributed by atoms with Crippen molar-refractivity contribution in [2.24, 2.45) is 0 Å². The van der Waals surface area contributed by atoms with Crippen LogP contribution in [0, 0.1) is 11.8 Å². The molecule has 0 saturated carbocycles. The van der Waals surface area contributed by atoms with Gasteiger partial charge in [-0.25, -0.2) is 0 Å². The molecule has 3 aliphatic heterocycles. The van der Waals surface area contributed by atoms with Crippen LogP contribution in [0.1, 0.15) is 73.5 Å². The van der Waals surface area contributed by atoms with Gasteiger partial charge in [-0.2, -0.15) is 0 Å². The molecule has 1 atom stereocenters. The number of fused-ring (bicyclic) bond motifs is 2. The van der Waals surface area contributed by atoms with Crippen molar-refractivity contribution in [1.29, 1.82) is 0 Å². The van der Waals surface area contributed by atoms with E-state index < -0.39 is 24.2 Å². The van der Waals surface area contributed by atoms with Crippen LogP contribution in [0.5, 0.6) is 0 Å². The zero-order valence-electron chi connectivity index (χ0n) is 22.4. The molecule has 0 bridgehead atoms. The maximum Gasteiger partial charge on any atom is 0.494 e. The van der Waals surface area contributed by atoms with E-state index in [1.807, 2.05) is 64.1 Å². The highest BCUT2D eigenvalue weighted by atomic mass is 16.7. The number of nitrogens with one attached hydrogen (secondary N) is 1. The predicted octanol–water partition coefficient (Wildman–Crippen LogP) is 3.26. The maximum atomic E-state index is 13.2. The van der Waals surface area contributed by atoms with Gasteiger partial charge in [0.2, 0.25) is 11.8 Å². The van der Waals surface area contributed by atoms with Crippen molar-refractivity contribution in [3.05, 3.63) is 64.9 Å². The highest BCUT2D eigenvalue weighted by Gasteiger charge is 2.52. The van der Waals surface area contributed by atoms with Crippen molar-refractivity contribution in [1.82, 2.24) is 10.2 Å². The van der Waals surface area contributed by atoms with Gasteiger partial charge in [-0.3, -0.25) is 19.7 Å². The number of furan rings is 1. The van der Waals surface area contributed by atoms with Gasteiger partial charge < -0.3 is 18.6 Å². The molecule has 1 unspecified atom stereocenters. The normalized spacial score (nSPS) is 21.6. The molecule has 1 N–H and O–H groups in total. The Morgan fingerprint density at radius 3 is 2.56 bits per heavy atom. The molecule has 0 spiro atoms. The summed E-state index contributed by atoms with van der Waals surface area (Å²) in [5.41, 5.74) is 3.69. The van der Waals surface area contributed by atoms with Gasteiger partial charge in [-0.1, -0.05) is 24.0 Å². The van der Waals surface area contributed by atoms with Crippen molar-refractivity contribution < 1.29 is 28.1 Å². The van der Waals surface area contributed by atoms with E-state index >= 15 is 0 Å². The first kappa shape index (κ1) is 25.4. The lowest BCUT2D eigenvalue weighted by molar-refractivity contribution is -0.134. The zero-order chi connectivity index (χ0) is 27.5. The summed E-state index contributed by atoms with van der Waals surface area (Å²) in [5, 5.41) is 3.20. The molecule has 0 aliphatic carbocycles. The number of nitrogens with zero attached hydrogens (tertiary/aromatic N) is 1. The molecule has 6 rings (SSSR count). The molecule has 1 aromatic heterocycles. The summed E-state index contributed by atoms with van der Waals surface area (Å²) in [6.45, 7) is 8.80. The number of rotatable bonds is 3. The van der Waals surface area contributed by atoms with E-state index in [0.29, 0.717) is 30.5 Å². The van der Waals surface area contributed by atoms with Gasteiger partial charge in [0.1, 0.15) is 5.58 Å². The fourth-order valence-corrected chi connectivity index (χ4v) is 5.26. The SMILES string of the molecule is CC1(C)OB(c2ccc3c(c2)C(=O)N(CC#Cc2ccc4occ(C5CCC(=O)NC5=O)c4c2)C3)OC1(C)C. The van der Waals surface area contributed by atoms with Crippen LogP contribution in [0.15, 0.2) is 47.1 Å².